The molecule has 0 aliphatic rings. The second-order valence-corrected chi connectivity index (χ2v) is 3.85. The molecule has 98 valence electrons. The first kappa shape index (κ1) is 14.2. The van der Waals surface area contributed by atoms with Gasteiger partial charge in [0.15, 0.2) is 5.78 Å². The molecule has 0 bridgehead atoms. The molecule has 0 fully saturated rings. The molecule has 1 aromatic carbocycles. The van der Waals surface area contributed by atoms with E-state index >= 15 is 0 Å². The van der Waals surface area contributed by atoms with Crippen LogP contribution in [0.2, 0.25) is 0 Å². The summed E-state index contributed by atoms with van der Waals surface area (Å²) in [5.74, 6) is -1.19. The molecule has 0 spiro atoms. The highest BCUT2D eigenvalue weighted by Crippen LogP contribution is 2.22. The van der Waals surface area contributed by atoms with Gasteiger partial charge in [0.2, 0.25) is 5.91 Å². The van der Waals surface area contributed by atoms with Crippen LogP contribution in [-0.4, -0.2) is 24.9 Å². The number of nitrogens with zero attached hydrogens (tertiary/aromatic N) is 1. The fraction of sp³-hybridized carbons (Fsp3) is 0.333. The van der Waals surface area contributed by atoms with E-state index in [2.05, 4.69) is 0 Å². The molecule has 0 saturated heterocycles. The third-order valence-corrected chi connectivity index (χ3v) is 2.39. The monoisotopic (exact) mass is 259 g/mol. The van der Waals surface area contributed by atoms with Crippen LogP contribution in [0.4, 0.5) is 18.9 Å². The number of alkyl halides is 3. The minimum Gasteiger partial charge on any atom is -0.315 e. The van der Waals surface area contributed by atoms with Crippen molar-refractivity contribution < 1.29 is 22.8 Å². The number of carbonyl (C=O) groups is 2. The van der Waals surface area contributed by atoms with E-state index < -0.39 is 18.5 Å². The summed E-state index contributed by atoms with van der Waals surface area (Å²) in [4.78, 5) is 23.2. The van der Waals surface area contributed by atoms with Crippen LogP contribution in [0.3, 0.4) is 0 Å². The van der Waals surface area contributed by atoms with Crippen LogP contribution in [0.5, 0.6) is 0 Å². The highest BCUT2D eigenvalue weighted by atomic mass is 19.4. The molecule has 6 heteroatoms. The average molecular weight is 259 g/mol. The topological polar surface area (TPSA) is 37.4 Å². The fourth-order valence-corrected chi connectivity index (χ4v) is 1.35. The predicted octanol–water partition coefficient (Wildman–Crippen LogP) is 2.80. The second kappa shape index (κ2) is 5.20. The maximum absolute atomic E-state index is 12.1. The SMILES string of the molecule is CC(=O)c1ccc(N(C)C(=O)CC(F)(F)F)cc1. The van der Waals surface area contributed by atoms with Crippen LogP contribution in [-0.2, 0) is 4.79 Å². The van der Waals surface area contributed by atoms with Gasteiger partial charge < -0.3 is 4.90 Å². The first-order chi connectivity index (χ1) is 8.20. The Morgan fingerprint density at radius 2 is 1.67 bits per heavy atom. The van der Waals surface area contributed by atoms with E-state index in [1.807, 2.05) is 0 Å². The zero-order chi connectivity index (χ0) is 13.9. The van der Waals surface area contributed by atoms with Crippen LogP contribution >= 0.6 is 0 Å². The van der Waals surface area contributed by atoms with E-state index in [1.165, 1.54) is 38.2 Å². The van der Waals surface area contributed by atoms with E-state index in [-0.39, 0.29) is 5.78 Å². The molecule has 0 aliphatic heterocycles. The lowest BCUT2D eigenvalue weighted by Crippen LogP contribution is -2.30. The molecule has 0 aliphatic carbocycles. The number of anilines is 1. The van der Waals surface area contributed by atoms with Crippen molar-refractivity contribution >= 4 is 17.4 Å². The lowest BCUT2D eigenvalue weighted by atomic mass is 10.1. The molecule has 0 N–H and O–H groups in total. The number of rotatable bonds is 3. The summed E-state index contributed by atoms with van der Waals surface area (Å²) >= 11 is 0. The van der Waals surface area contributed by atoms with Crippen LogP contribution in [0.15, 0.2) is 24.3 Å². The largest absolute Gasteiger partial charge is 0.397 e. The van der Waals surface area contributed by atoms with Crippen molar-refractivity contribution in [1.82, 2.24) is 0 Å². The second-order valence-electron chi connectivity index (χ2n) is 3.85. The summed E-state index contributed by atoms with van der Waals surface area (Å²) in [6.07, 6.45) is -6.03. The molecule has 0 radical (unpaired) electrons. The molecule has 1 rings (SSSR count). The van der Waals surface area contributed by atoms with Crippen LogP contribution in [0, 0.1) is 0 Å². The smallest absolute Gasteiger partial charge is 0.315 e. The summed E-state index contributed by atoms with van der Waals surface area (Å²) < 4.78 is 36.2. The van der Waals surface area contributed by atoms with E-state index in [9.17, 15) is 22.8 Å². The van der Waals surface area contributed by atoms with Gasteiger partial charge in [-0.1, -0.05) is 0 Å². The standard InChI is InChI=1S/C12H12F3NO2/c1-8(17)9-3-5-10(6-4-9)16(2)11(18)7-12(13,14)15/h3-6H,7H2,1-2H3. The van der Waals surface area contributed by atoms with Gasteiger partial charge >= 0.3 is 6.18 Å². The Morgan fingerprint density at radius 3 is 2.06 bits per heavy atom. The van der Waals surface area contributed by atoms with E-state index in [1.54, 1.807) is 0 Å². The van der Waals surface area contributed by atoms with Gasteiger partial charge in [-0.05, 0) is 31.2 Å². The number of hydrogen-bond acceptors (Lipinski definition) is 2. The molecular formula is C12H12F3NO2. The number of hydrogen-bond donors (Lipinski definition) is 0. The number of halogens is 3. The molecule has 0 aromatic heterocycles. The summed E-state index contributed by atoms with van der Waals surface area (Å²) in [5, 5.41) is 0. The minimum absolute atomic E-state index is 0.147. The normalized spacial score (nSPS) is 11.2. The molecule has 0 saturated carbocycles. The zero-order valence-electron chi connectivity index (χ0n) is 9.91. The number of amides is 1. The molecule has 0 atom stereocenters. The van der Waals surface area contributed by atoms with Crippen molar-refractivity contribution in [3.8, 4) is 0 Å². The Kier molecular flexibility index (Phi) is 4.11. The highest BCUT2D eigenvalue weighted by molar-refractivity contribution is 5.96. The third kappa shape index (κ3) is 3.87. The first-order valence-electron chi connectivity index (χ1n) is 5.15. The molecule has 1 aromatic rings. The van der Waals surface area contributed by atoms with E-state index in [0.29, 0.717) is 11.3 Å². The van der Waals surface area contributed by atoms with Crippen molar-refractivity contribution in [2.24, 2.45) is 0 Å². The molecule has 1 amide bonds. The Hall–Kier alpha value is -1.85. The lowest BCUT2D eigenvalue weighted by molar-refractivity contribution is -0.151. The van der Waals surface area contributed by atoms with Gasteiger partial charge in [-0.15, -0.1) is 0 Å². The maximum Gasteiger partial charge on any atom is 0.397 e. The predicted molar refractivity (Wildman–Crippen MR) is 60.5 cm³/mol. The summed E-state index contributed by atoms with van der Waals surface area (Å²) in [5.41, 5.74) is 0.754. The Labute approximate surface area is 102 Å². The summed E-state index contributed by atoms with van der Waals surface area (Å²) in [7, 11) is 1.26. The summed E-state index contributed by atoms with van der Waals surface area (Å²) in [6, 6.07) is 5.81. The van der Waals surface area contributed by atoms with Gasteiger partial charge in [0.25, 0.3) is 0 Å². The lowest BCUT2D eigenvalue weighted by Gasteiger charge is -2.18. The van der Waals surface area contributed by atoms with Crippen LogP contribution in [0.25, 0.3) is 0 Å². The van der Waals surface area contributed by atoms with Gasteiger partial charge in [0, 0.05) is 18.3 Å². The molecule has 18 heavy (non-hydrogen) atoms. The Morgan fingerprint density at radius 1 is 1.17 bits per heavy atom. The average Bonchev–Trinajstić information content (AvgIpc) is 2.26. The number of carbonyl (C=O) groups excluding carboxylic acids is 2. The number of Topliss-reactive ketones (excluding diaryl/α,β-unsaturated/α-hetero) is 1. The maximum atomic E-state index is 12.1. The van der Waals surface area contributed by atoms with Crippen molar-refractivity contribution in [2.75, 3.05) is 11.9 Å². The van der Waals surface area contributed by atoms with E-state index in [4.69, 9.17) is 0 Å². The van der Waals surface area contributed by atoms with Gasteiger partial charge in [0.1, 0.15) is 6.42 Å². The zero-order valence-corrected chi connectivity index (χ0v) is 9.91. The highest BCUT2D eigenvalue weighted by Gasteiger charge is 2.32. The van der Waals surface area contributed by atoms with Crippen LogP contribution < -0.4 is 4.90 Å². The van der Waals surface area contributed by atoms with Gasteiger partial charge in [-0.3, -0.25) is 9.59 Å². The molecule has 0 unspecified atom stereocenters. The fourth-order valence-electron chi connectivity index (χ4n) is 1.35. The Balaban J connectivity index is 2.81. The van der Waals surface area contributed by atoms with E-state index in [0.717, 1.165) is 4.90 Å². The molecule has 0 heterocycles. The number of benzene rings is 1. The minimum atomic E-state index is -4.52. The quantitative estimate of drug-likeness (QED) is 0.783. The van der Waals surface area contributed by atoms with Gasteiger partial charge in [0.05, 0.1) is 0 Å². The van der Waals surface area contributed by atoms with Crippen molar-refractivity contribution in [1.29, 1.82) is 0 Å². The summed E-state index contributed by atoms with van der Waals surface area (Å²) in [6.45, 7) is 1.38. The molecule has 3 nitrogen and oxygen atoms in total. The first-order valence-corrected chi connectivity index (χ1v) is 5.15. The van der Waals surface area contributed by atoms with Gasteiger partial charge in [-0.25, -0.2) is 0 Å². The van der Waals surface area contributed by atoms with Crippen molar-refractivity contribution in [3.05, 3.63) is 29.8 Å². The van der Waals surface area contributed by atoms with Gasteiger partial charge in [-0.2, -0.15) is 13.2 Å². The van der Waals surface area contributed by atoms with Crippen LogP contribution in [0.1, 0.15) is 23.7 Å². The van der Waals surface area contributed by atoms with Crippen molar-refractivity contribution in [3.63, 3.8) is 0 Å². The third-order valence-electron chi connectivity index (χ3n) is 2.39. The van der Waals surface area contributed by atoms with Crippen molar-refractivity contribution in [2.45, 2.75) is 19.5 Å². The number of ketones is 1. The molecular weight excluding hydrogens is 247 g/mol. The Bertz CT molecular complexity index is 451.